The van der Waals surface area contributed by atoms with Crippen LogP contribution in [0.1, 0.15) is 132 Å². The molecule has 7 heteroatoms. The third-order valence-electron chi connectivity index (χ3n) is 9.44. The molecular formula is C35H56N2O3S2. The van der Waals surface area contributed by atoms with E-state index in [4.69, 9.17) is 5.11 Å². The molecule has 6 rings (SSSR count). The average molecular weight is 617 g/mol. The number of fused-ring (bicyclic) bond motifs is 4. The maximum Gasteiger partial charge on any atom is 0.336 e. The van der Waals surface area contributed by atoms with Gasteiger partial charge in [0, 0.05) is 45.7 Å². The number of carboxylic acid groups (broad SMARTS) is 1. The minimum Gasteiger partial charge on any atom is -0.478 e. The minimum absolute atomic E-state index is 0. The Morgan fingerprint density at radius 3 is 1.93 bits per heavy atom. The maximum atomic E-state index is 12.8. The van der Waals surface area contributed by atoms with Crippen molar-refractivity contribution in [3.8, 4) is 0 Å². The molecule has 42 heavy (non-hydrogen) atoms. The molecule has 2 saturated carbocycles. The minimum atomic E-state index is -0.837. The van der Waals surface area contributed by atoms with Gasteiger partial charge in [0.1, 0.15) is 0 Å². The first-order valence-electron chi connectivity index (χ1n) is 15.5. The number of carboxylic acids is 1. The van der Waals surface area contributed by atoms with Gasteiger partial charge in [0.25, 0.3) is 5.91 Å². The molecule has 4 atom stereocenters. The van der Waals surface area contributed by atoms with Crippen LogP contribution in [-0.4, -0.2) is 47.1 Å². The summed E-state index contributed by atoms with van der Waals surface area (Å²) >= 11 is 3.21. The molecule has 0 aromatic carbocycles. The first kappa shape index (κ1) is 34.8. The van der Waals surface area contributed by atoms with Crippen molar-refractivity contribution >= 4 is 34.6 Å². The van der Waals surface area contributed by atoms with E-state index in [-0.39, 0.29) is 13.3 Å². The second-order valence-corrected chi connectivity index (χ2v) is 17.4. The van der Waals surface area contributed by atoms with Crippen molar-refractivity contribution in [2.75, 3.05) is 13.1 Å². The normalized spacial score (nSPS) is 29.9. The standard InChI is InChI=1S/C17H25NOS.C10H19N.C7H8O2S.CH4/c1-5-14-6-12(9-20-14)15(19)18-11-17(4)8-13(18)7-16(2,3)10-17;1-9(2)4-8-5-10(3,6-9)7-11-8;1-2-6-3-5(4-10-6)7(8)9;/h6,9,13H,5,7-8,10-11H2,1-4H3;8,11H,4-7H2,1-3H3;3-4H,2H2,1H3,(H,8,9);1H4. The second-order valence-electron chi connectivity index (χ2n) is 15.4. The van der Waals surface area contributed by atoms with E-state index in [0.717, 1.165) is 42.3 Å². The van der Waals surface area contributed by atoms with E-state index in [1.807, 2.05) is 12.3 Å². The molecule has 4 aliphatic rings. The molecule has 4 fully saturated rings. The lowest BCUT2D eigenvalue weighted by atomic mass is 9.65. The van der Waals surface area contributed by atoms with Gasteiger partial charge in [0.05, 0.1) is 11.1 Å². The molecule has 2 aromatic heterocycles. The molecule has 4 bridgehead atoms. The molecule has 2 aromatic rings. The van der Waals surface area contributed by atoms with Crippen molar-refractivity contribution in [3.05, 3.63) is 43.8 Å². The van der Waals surface area contributed by atoms with Crippen LogP contribution in [0.4, 0.5) is 0 Å². The number of thiophene rings is 2. The van der Waals surface area contributed by atoms with Gasteiger partial charge < -0.3 is 15.3 Å². The lowest BCUT2D eigenvalue weighted by Crippen LogP contribution is -2.37. The summed E-state index contributed by atoms with van der Waals surface area (Å²) in [5.74, 6) is -0.580. The molecule has 2 N–H and O–H groups in total. The quantitative estimate of drug-likeness (QED) is 0.359. The first-order chi connectivity index (χ1) is 19.0. The van der Waals surface area contributed by atoms with Crippen LogP contribution >= 0.6 is 22.7 Å². The van der Waals surface area contributed by atoms with Crippen LogP contribution in [0, 0.1) is 21.7 Å². The summed E-state index contributed by atoms with van der Waals surface area (Å²) in [7, 11) is 0. The summed E-state index contributed by atoms with van der Waals surface area (Å²) in [4.78, 5) is 27.7. The number of carbonyl (C=O) groups excluding carboxylic acids is 1. The van der Waals surface area contributed by atoms with Gasteiger partial charge in [0.2, 0.25) is 0 Å². The van der Waals surface area contributed by atoms with E-state index in [0.29, 0.717) is 33.3 Å². The van der Waals surface area contributed by atoms with Crippen LogP contribution in [0.5, 0.6) is 0 Å². The summed E-state index contributed by atoms with van der Waals surface area (Å²) in [5.41, 5.74) is 3.21. The van der Waals surface area contributed by atoms with E-state index >= 15 is 0 Å². The van der Waals surface area contributed by atoms with Gasteiger partial charge in [-0.3, -0.25) is 4.79 Å². The van der Waals surface area contributed by atoms with E-state index in [9.17, 15) is 9.59 Å². The fraction of sp³-hybridized carbons (Fsp3) is 0.714. The Labute approximate surface area is 263 Å². The van der Waals surface area contributed by atoms with Gasteiger partial charge in [-0.05, 0) is 85.2 Å². The predicted octanol–water partition coefficient (Wildman–Crippen LogP) is 9.17. The van der Waals surface area contributed by atoms with Crippen molar-refractivity contribution < 1.29 is 14.7 Å². The number of rotatable bonds is 4. The topological polar surface area (TPSA) is 69.6 Å². The molecule has 2 saturated heterocycles. The molecule has 2 aliphatic heterocycles. The number of likely N-dealkylation sites (tertiary alicyclic amines) is 1. The zero-order valence-corrected chi connectivity index (χ0v) is 28.2. The second kappa shape index (κ2) is 13.1. The van der Waals surface area contributed by atoms with Crippen LogP contribution in [0.25, 0.3) is 0 Å². The van der Waals surface area contributed by atoms with Crippen molar-refractivity contribution in [3.63, 3.8) is 0 Å². The Balaban J connectivity index is 0.000000187. The van der Waals surface area contributed by atoms with Crippen molar-refractivity contribution in [2.45, 2.75) is 126 Å². The number of carbonyl (C=O) groups is 2. The SMILES string of the molecule is C.CC1(C)CC2CC(C)(CN2)C1.CCc1cc(C(=O)N2CC3(C)CC2CC(C)(C)C3)cs1.CCc1cc(C(=O)O)cs1. The zero-order valence-electron chi connectivity index (χ0n) is 26.6. The molecule has 1 amide bonds. The molecule has 4 unspecified atom stereocenters. The molecule has 0 radical (unpaired) electrons. The van der Waals surface area contributed by atoms with Gasteiger partial charge in [-0.25, -0.2) is 4.79 Å². The summed E-state index contributed by atoms with van der Waals surface area (Å²) in [5, 5.41) is 15.8. The Hall–Kier alpha value is -1.70. The molecule has 236 valence electrons. The molecule has 4 heterocycles. The molecule has 2 aliphatic carbocycles. The lowest BCUT2D eigenvalue weighted by molar-refractivity contribution is 0.0691. The number of aryl methyl sites for hydroxylation is 2. The van der Waals surface area contributed by atoms with E-state index < -0.39 is 5.97 Å². The fourth-order valence-electron chi connectivity index (χ4n) is 8.52. The van der Waals surface area contributed by atoms with Gasteiger partial charge in [-0.2, -0.15) is 0 Å². The van der Waals surface area contributed by atoms with Crippen LogP contribution in [0.3, 0.4) is 0 Å². The van der Waals surface area contributed by atoms with Crippen LogP contribution in [0.15, 0.2) is 22.9 Å². The summed E-state index contributed by atoms with van der Waals surface area (Å²) in [6.45, 7) is 20.7. The highest BCUT2D eigenvalue weighted by atomic mass is 32.1. The monoisotopic (exact) mass is 616 g/mol. The van der Waals surface area contributed by atoms with Crippen LogP contribution < -0.4 is 5.32 Å². The zero-order chi connectivity index (χ0) is 30.2. The van der Waals surface area contributed by atoms with Gasteiger partial charge in [0.15, 0.2) is 0 Å². The number of aromatic carboxylic acids is 1. The van der Waals surface area contributed by atoms with Crippen molar-refractivity contribution in [1.29, 1.82) is 0 Å². The predicted molar refractivity (Wildman–Crippen MR) is 179 cm³/mol. The van der Waals surface area contributed by atoms with E-state index in [2.05, 4.69) is 64.7 Å². The van der Waals surface area contributed by atoms with Gasteiger partial charge >= 0.3 is 5.97 Å². The smallest absolute Gasteiger partial charge is 0.336 e. The lowest BCUT2D eigenvalue weighted by Gasteiger charge is -2.39. The number of hydrogen-bond acceptors (Lipinski definition) is 5. The van der Waals surface area contributed by atoms with Crippen molar-refractivity contribution in [1.82, 2.24) is 10.2 Å². The number of amides is 1. The highest BCUT2D eigenvalue weighted by Gasteiger charge is 2.51. The number of hydrogen-bond donors (Lipinski definition) is 2. The molecule has 0 spiro atoms. The molecule has 5 nitrogen and oxygen atoms in total. The highest BCUT2D eigenvalue weighted by Crippen LogP contribution is 2.53. The highest BCUT2D eigenvalue weighted by molar-refractivity contribution is 7.10. The fourth-order valence-corrected chi connectivity index (χ4v) is 10.1. The first-order valence-corrected chi connectivity index (χ1v) is 17.2. The largest absolute Gasteiger partial charge is 0.478 e. The van der Waals surface area contributed by atoms with E-state index in [1.54, 1.807) is 22.8 Å². The Kier molecular flexibility index (Phi) is 10.9. The third kappa shape index (κ3) is 8.47. The Morgan fingerprint density at radius 2 is 1.40 bits per heavy atom. The third-order valence-corrected chi connectivity index (χ3v) is 11.6. The van der Waals surface area contributed by atoms with Crippen LogP contribution in [0.2, 0.25) is 0 Å². The maximum absolute atomic E-state index is 12.8. The average Bonchev–Trinajstić information content (AvgIpc) is 3.63. The molecular weight excluding hydrogens is 561 g/mol. The summed E-state index contributed by atoms with van der Waals surface area (Å²) < 4.78 is 0. The Bertz CT molecular complexity index is 1230. The Morgan fingerprint density at radius 1 is 0.857 bits per heavy atom. The van der Waals surface area contributed by atoms with E-state index in [1.165, 1.54) is 54.9 Å². The van der Waals surface area contributed by atoms with Crippen molar-refractivity contribution in [2.24, 2.45) is 21.7 Å². The van der Waals surface area contributed by atoms with Gasteiger partial charge in [-0.15, -0.1) is 22.7 Å². The summed E-state index contributed by atoms with van der Waals surface area (Å²) in [6, 6.07) is 5.07. The van der Waals surface area contributed by atoms with Gasteiger partial charge in [-0.1, -0.05) is 62.8 Å². The van der Waals surface area contributed by atoms with Crippen LogP contribution in [-0.2, 0) is 12.8 Å². The number of nitrogens with one attached hydrogen (secondary N) is 1. The number of nitrogens with zero attached hydrogens (tertiary/aromatic N) is 1. The summed E-state index contributed by atoms with van der Waals surface area (Å²) in [6.07, 6.45) is 9.71.